The topological polar surface area (TPSA) is 41.6 Å². The van der Waals surface area contributed by atoms with Crippen LogP contribution in [0.25, 0.3) is 0 Å². The van der Waals surface area contributed by atoms with Crippen LogP contribution in [-0.4, -0.2) is 50.2 Å². The number of ether oxygens (including phenoxy) is 1. The van der Waals surface area contributed by atoms with Crippen LogP contribution in [0.15, 0.2) is 0 Å². The van der Waals surface area contributed by atoms with E-state index in [9.17, 15) is 4.79 Å². The summed E-state index contributed by atoms with van der Waals surface area (Å²) in [5.41, 5.74) is 0. The first kappa shape index (κ1) is 11.9. The predicted octanol–water partition coefficient (Wildman–Crippen LogP) is 0.481. The third kappa shape index (κ3) is 3.76. The molecule has 0 bridgehead atoms. The molecule has 1 heterocycles. The molecule has 1 N–H and O–H groups in total. The Morgan fingerprint density at radius 1 is 1.44 bits per heavy atom. The van der Waals surface area contributed by atoms with E-state index in [0.29, 0.717) is 11.8 Å². The van der Waals surface area contributed by atoms with Crippen LogP contribution in [0.5, 0.6) is 0 Å². The Morgan fingerprint density at radius 2 is 2.12 bits per heavy atom. The highest BCUT2D eigenvalue weighted by molar-refractivity contribution is 5.80. The molecular weight excluding hydrogens is 204 g/mol. The summed E-state index contributed by atoms with van der Waals surface area (Å²) in [5.74, 6) is 1.12. The Hall–Kier alpha value is -0.610. The fourth-order valence-corrected chi connectivity index (χ4v) is 2.05. The number of carbonyl (C=O) groups excluding carboxylic acids is 1. The lowest BCUT2D eigenvalue weighted by atomic mass is 10.1. The Balaban J connectivity index is 1.59. The highest BCUT2D eigenvalue weighted by atomic mass is 16.5. The normalized spacial score (nSPS) is 24.1. The van der Waals surface area contributed by atoms with Gasteiger partial charge in [0.2, 0.25) is 5.91 Å². The van der Waals surface area contributed by atoms with Crippen molar-refractivity contribution in [2.24, 2.45) is 11.8 Å². The molecule has 1 aliphatic carbocycles. The second kappa shape index (κ2) is 5.64. The fourth-order valence-electron chi connectivity index (χ4n) is 2.05. The van der Waals surface area contributed by atoms with E-state index in [0.717, 1.165) is 52.2 Å². The first-order valence-electron chi connectivity index (χ1n) is 6.33. The second-order valence-corrected chi connectivity index (χ2v) is 5.04. The third-order valence-corrected chi connectivity index (χ3v) is 3.25. The Labute approximate surface area is 97.3 Å². The first-order chi connectivity index (χ1) is 7.75. The van der Waals surface area contributed by atoms with E-state index in [1.165, 1.54) is 0 Å². The van der Waals surface area contributed by atoms with Crippen molar-refractivity contribution in [1.82, 2.24) is 10.2 Å². The SMILES string of the molecule is CC(CNC(=O)C1CC1)CN1CCOCC1. The Bertz CT molecular complexity index is 235. The number of hydrogen-bond donors (Lipinski definition) is 1. The molecule has 1 atom stereocenters. The molecule has 2 fully saturated rings. The monoisotopic (exact) mass is 226 g/mol. The molecule has 0 spiro atoms. The number of hydrogen-bond acceptors (Lipinski definition) is 3. The van der Waals surface area contributed by atoms with Gasteiger partial charge in [0.05, 0.1) is 13.2 Å². The van der Waals surface area contributed by atoms with Crippen LogP contribution in [0.2, 0.25) is 0 Å². The molecule has 1 aliphatic heterocycles. The summed E-state index contributed by atoms with van der Waals surface area (Å²) in [6.07, 6.45) is 2.17. The Kier molecular flexibility index (Phi) is 4.18. The fraction of sp³-hybridized carbons (Fsp3) is 0.917. The van der Waals surface area contributed by atoms with E-state index in [2.05, 4.69) is 17.1 Å². The van der Waals surface area contributed by atoms with Crippen molar-refractivity contribution in [3.8, 4) is 0 Å². The molecule has 2 rings (SSSR count). The van der Waals surface area contributed by atoms with E-state index < -0.39 is 0 Å². The van der Waals surface area contributed by atoms with Crippen LogP contribution in [0.1, 0.15) is 19.8 Å². The molecule has 0 aromatic carbocycles. The summed E-state index contributed by atoms with van der Waals surface area (Å²) in [7, 11) is 0. The van der Waals surface area contributed by atoms with Crippen LogP contribution < -0.4 is 5.32 Å². The molecule has 1 amide bonds. The average molecular weight is 226 g/mol. The van der Waals surface area contributed by atoms with Gasteiger partial charge in [-0.1, -0.05) is 6.92 Å². The number of nitrogens with one attached hydrogen (secondary N) is 1. The Morgan fingerprint density at radius 3 is 2.75 bits per heavy atom. The van der Waals surface area contributed by atoms with Crippen LogP contribution in [-0.2, 0) is 9.53 Å². The third-order valence-electron chi connectivity index (χ3n) is 3.25. The number of carbonyl (C=O) groups is 1. The second-order valence-electron chi connectivity index (χ2n) is 5.04. The van der Waals surface area contributed by atoms with E-state index in [4.69, 9.17) is 4.74 Å². The molecule has 16 heavy (non-hydrogen) atoms. The maximum Gasteiger partial charge on any atom is 0.223 e. The summed E-state index contributed by atoms with van der Waals surface area (Å²) in [4.78, 5) is 13.9. The van der Waals surface area contributed by atoms with Gasteiger partial charge in [-0.25, -0.2) is 0 Å². The molecule has 0 aromatic heterocycles. The maximum atomic E-state index is 11.5. The molecule has 4 heteroatoms. The lowest BCUT2D eigenvalue weighted by Gasteiger charge is -2.29. The zero-order chi connectivity index (χ0) is 11.4. The average Bonchev–Trinajstić information content (AvgIpc) is 3.11. The lowest BCUT2D eigenvalue weighted by molar-refractivity contribution is -0.122. The largest absolute Gasteiger partial charge is 0.379 e. The molecule has 4 nitrogen and oxygen atoms in total. The van der Waals surface area contributed by atoms with Gasteiger partial charge in [0, 0.05) is 32.1 Å². The minimum absolute atomic E-state index is 0.258. The van der Waals surface area contributed by atoms with E-state index in [-0.39, 0.29) is 5.91 Å². The molecule has 92 valence electrons. The first-order valence-corrected chi connectivity index (χ1v) is 6.33. The summed E-state index contributed by atoms with van der Waals surface area (Å²) < 4.78 is 5.31. The summed E-state index contributed by atoms with van der Waals surface area (Å²) in [6, 6.07) is 0. The van der Waals surface area contributed by atoms with Crippen molar-refractivity contribution in [2.75, 3.05) is 39.4 Å². The van der Waals surface area contributed by atoms with Crippen LogP contribution >= 0.6 is 0 Å². The van der Waals surface area contributed by atoms with E-state index in [1.54, 1.807) is 0 Å². The van der Waals surface area contributed by atoms with Gasteiger partial charge in [0.1, 0.15) is 0 Å². The van der Waals surface area contributed by atoms with Crippen molar-refractivity contribution >= 4 is 5.91 Å². The quantitative estimate of drug-likeness (QED) is 0.741. The van der Waals surface area contributed by atoms with Crippen LogP contribution in [0, 0.1) is 11.8 Å². The summed E-state index contributed by atoms with van der Waals surface area (Å²) in [6.45, 7) is 7.83. The molecule has 0 aromatic rings. The smallest absolute Gasteiger partial charge is 0.223 e. The summed E-state index contributed by atoms with van der Waals surface area (Å²) in [5, 5.41) is 3.04. The van der Waals surface area contributed by atoms with E-state index >= 15 is 0 Å². The minimum Gasteiger partial charge on any atom is -0.379 e. The number of rotatable bonds is 5. The van der Waals surface area contributed by atoms with E-state index in [1.807, 2.05) is 0 Å². The molecule has 1 saturated heterocycles. The predicted molar refractivity (Wildman–Crippen MR) is 62.2 cm³/mol. The number of amides is 1. The zero-order valence-electron chi connectivity index (χ0n) is 10.1. The molecule has 0 radical (unpaired) electrons. The number of nitrogens with zero attached hydrogens (tertiary/aromatic N) is 1. The van der Waals surface area contributed by atoms with Crippen molar-refractivity contribution in [3.05, 3.63) is 0 Å². The van der Waals surface area contributed by atoms with Crippen molar-refractivity contribution in [2.45, 2.75) is 19.8 Å². The van der Waals surface area contributed by atoms with Crippen LogP contribution in [0.4, 0.5) is 0 Å². The zero-order valence-corrected chi connectivity index (χ0v) is 10.1. The van der Waals surface area contributed by atoms with Crippen molar-refractivity contribution in [1.29, 1.82) is 0 Å². The van der Waals surface area contributed by atoms with Gasteiger partial charge in [-0.3, -0.25) is 9.69 Å². The van der Waals surface area contributed by atoms with Crippen LogP contribution in [0.3, 0.4) is 0 Å². The highest BCUT2D eigenvalue weighted by Gasteiger charge is 2.29. The lowest BCUT2D eigenvalue weighted by Crippen LogP contribution is -2.41. The van der Waals surface area contributed by atoms with Gasteiger partial charge in [-0.05, 0) is 18.8 Å². The summed E-state index contributed by atoms with van der Waals surface area (Å²) >= 11 is 0. The van der Waals surface area contributed by atoms with Gasteiger partial charge in [0.25, 0.3) is 0 Å². The molecule has 1 unspecified atom stereocenters. The van der Waals surface area contributed by atoms with Crippen molar-refractivity contribution < 1.29 is 9.53 Å². The van der Waals surface area contributed by atoms with Gasteiger partial charge in [0.15, 0.2) is 0 Å². The van der Waals surface area contributed by atoms with Gasteiger partial charge in [-0.2, -0.15) is 0 Å². The number of morpholine rings is 1. The standard InChI is InChI=1S/C12H22N2O2/c1-10(8-13-12(15)11-2-3-11)9-14-4-6-16-7-5-14/h10-11H,2-9H2,1H3,(H,13,15). The highest BCUT2D eigenvalue weighted by Crippen LogP contribution is 2.28. The molecule has 2 aliphatic rings. The van der Waals surface area contributed by atoms with Gasteiger partial charge < -0.3 is 10.1 Å². The molecule has 1 saturated carbocycles. The van der Waals surface area contributed by atoms with Gasteiger partial charge >= 0.3 is 0 Å². The maximum absolute atomic E-state index is 11.5. The van der Waals surface area contributed by atoms with Gasteiger partial charge in [-0.15, -0.1) is 0 Å². The molecular formula is C12H22N2O2. The van der Waals surface area contributed by atoms with Crippen molar-refractivity contribution in [3.63, 3.8) is 0 Å². The minimum atomic E-state index is 0.258.